The number of imidazole rings is 1. The Morgan fingerprint density at radius 2 is 2.50 bits per heavy atom. The van der Waals surface area contributed by atoms with Crippen LogP contribution in [-0.2, 0) is 0 Å². The Morgan fingerprint density at radius 3 is 3.21 bits per heavy atom. The molecule has 2 aromatic heterocycles. The Bertz CT molecular complexity index is 484. The minimum absolute atomic E-state index is 0.508. The summed E-state index contributed by atoms with van der Waals surface area (Å²) in [6.45, 7) is 1.97. The average molecular weight is 247 g/mol. The molecule has 0 N–H and O–H groups in total. The molecule has 0 aliphatic heterocycles. The van der Waals surface area contributed by atoms with E-state index in [0.29, 0.717) is 11.0 Å². The standard InChI is InChI=1S/C9H8Cl2N2S/c1-6(5-10)4-7-8(11)12-9-13(7)2-3-14-9/h2-4H,5H2,1H3/b6-4-. The largest absolute Gasteiger partial charge is 0.289 e. The first-order valence-corrected chi connectivity index (χ1v) is 5.86. The molecule has 2 nitrogen and oxygen atoms in total. The Kier molecular flexibility index (Phi) is 2.81. The van der Waals surface area contributed by atoms with Gasteiger partial charge in [-0.3, -0.25) is 4.40 Å². The molecule has 14 heavy (non-hydrogen) atoms. The summed E-state index contributed by atoms with van der Waals surface area (Å²) in [5, 5.41) is 2.51. The predicted octanol–water partition coefficient (Wildman–Crippen LogP) is 3.69. The zero-order chi connectivity index (χ0) is 10.1. The fourth-order valence-electron chi connectivity index (χ4n) is 1.18. The van der Waals surface area contributed by atoms with Gasteiger partial charge in [0.15, 0.2) is 10.1 Å². The van der Waals surface area contributed by atoms with Gasteiger partial charge in [0.05, 0.1) is 5.69 Å². The van der Waals surface area contributed by atoms with Gasteiger partial charge in [0.1, 0.15) is 0 Å². The van der Waals surface area contributed by atoms with Gasteiger partial charge in [0.25, 0.3) is 0 Å². The van der Waals surface area contributed by atoms with Gasteiger partial charge in [-0.15, -0.1) is 22.9 Å². The van der Waals surface area contributed by atoms with Crippen molar-refractivity contribution in [2.75, 3.05) is 5.88 Å². The van der Waals surface area contributed by atoms with Crippen LogP contribution in [0.25, 0.3) is 11.0 Å². The van der Waals surface area contributed by atoms with Crippen molar-refractivity contribution in [1.82, 2.24) is 9.38 Å². The first-order chi connectivity index (χ1) is 6.72. The Labute approximate surface area is 95.8 Å². The summed E-state index contributed by atoms with van der Waals surface area (Å²) in [4.78, 5) is 5.13. The molecule has 0 fully saturated rings. The summed E-state index contributed by atoms with van der Waals surface area (Å²) in [7, 11) is 0. The monoisotopic (exact) mass is 246 g/mol. The number of alkyl halides is 1. The van der Waals surface area contributed by atoms with Gasteiger partial charge < -0.3 is 0 Å². The van der Waals surface area contributed by atoms with Crippen molar-refractivity contribution in [3.63, 3.8) is 0 Å². The summed E-state index contributed by atoms with van der Waals surface area (Å²) < 4.78 is 1.96. The molecule has 74 valence electrons. The second-order valence-corrected chi connectivity index (χ2v) is 4.47. The molecule has 2 heterocycles. The van der Waals surface area contributed by atoms with Gasteiger partial charge in [0.2, 0.25) is 0 Å². The summed E-state index contributed by atoms with van der Waals surface area (Å²) >= 11 is 13.3. The average Bonchev–Trinajstić information content (AvgIpc) is 2.70. The highest BCUT2D eigenvalue weighted by Gasteiger charge is 2.08. The molecule has 0 bridgehead atoms. The number of thiazole rings is 1. The molecular formula is C9H8Cl2N2S. The molecule has 0 aliphatic carbocycles. The Hall–Kier alpha value is -0.510. The lowest BCUT2D eigenvalue weighted by Crippen LogP contribution is -1.84. The lowest BCUT2D eigenvalue weighted by atomic mass is 10.3. The minimum Gasteiger partial charge on any atom is -0.289 e. The summed E-state index contributed by atoms with van der Waals surface area (Å²) in [6, 6.07) is 0. The van der Waals surface area contributed by atoms with Crippen LogP contribution in [0.2, 0.25) is 5.15 Å². The maximum Gasteiger partial charge on any atom is 0.195 e. The molecular weight excluding hydrogens is 239 g/mol. The van der Waals surface area contributed by atoms with Gasteiger partial charge in [-0.1, -0.05) is 17.2 Å². The highest BCUT2D eigenvalue weighted by atomic mass is 35.5. The van der Waals surface area contributed by atoms with E-state index in [4.69, 9.17) is 23.2 Å². The van der Waals surface area contributed by atoms with E-state index >= 15 is 0 Å². The normalized spacial score (nSPS) is 12.6. The molecule has 0 radical (unpaired) electrons. The molecule has 5 heteroatoms. The van der Waals surface area contributed by atoms with Crippen LogP contribution in [0.3, 0.4) is 0 Å². The first-order valence-electron chi connectivity index (χ1n) is 4.06. The van der Waals surface area contributed by atoms with Crippen LogP contribution in [0.4, 0.5) is 0 Å². The number of hydrogen-bond acceptors (Lipinski definition) is 2. The third-order valence-corrected chi connectivity index (χ3v) is 3.30. The summed E-state index contributed by atoms with van der Waals surface area (Å²) in [5.74, 6) is 0.508. The Morgan fingerprint density at radius 1 is 1.71 bits per heavy atom. The van der Waals surface area contributed by atoms with E-state index in [2.05, 4.69) is 4.98 Å². The van der Waals surface area contributed by atoms with Crippen LogP contribution in [0.15, 0.2) is 17.2 Å². The van der Waals surface area contributed by atoms with Crippen molar-refractivity contribution in [3.05, 3.63) is 28.0 Å². The topological polar surface area (TPSA) is 17.3 Å². The fraction of sp³-hybridized carbons (Fsp3) is 0.222. The van der Waals surface area contributed by atoms with Gasteiger partial charge in [-0.2, -0.15) is 0 Å². The summed E-state index contributed by atoms with van der Waals surface area (Å²) in [5.41, 5.74) is 1.97. The van der Waals surface area contributed by atoms with Gasteiger partial charge >= 0.3 is 0 Å². The van der Waals surface area contributed by atoms with E-state index < -0.39 is 0 Å². The zero-order valence-electron chi connectivity index (χ0n) is 7.50. The second kappa shape index (κ2) is 3.93. The number of nitrogens with zero attached hydrogens (tertiary/aromatic N) is 2. The zero-order valence-corrected chi connectivity index (χ0v) is 9.83. The van der Waals surface area contributed by atoms with Crippen molar-refractivity contribution < 1.29 is 0 Å². The number of allylic oxidation sites excluding steroid dienone is 1. The minimum atomic E-state index is 0.508. The van der Waals surface area contributed by atoms with Crippen LogP contribution in [0.5, 0.6) is 0 Å². The number of halogens is 2. The van der Waals surface area contributed by atoms with E-state index in [9.17, 15) is 0 Å². The van der Waals surface area contributed by atoms with Gasteiger partial charge in [0, 0.05) is 17.5 Å². The predicted molar refractivity (Wildman–Crippen MR) is 62.5 cm³/mol. The Balaban J connectivity index is 2.59. The van der Waals surface area contributed by atoms with Crippen molar-refractivity contribution in [3.8, 4) is 0 Å². The number of fused-ring (bicyclic) bond motifs is 1. The molecule has 2 rings (SSSR count). The van der Waals surface area contributed by atoms with E-state index in [1.807, 2.05) is 29.0 Å². The van der Waals surface area contributed by atoms with Crippen molar-refractivity contribution in [2.45, 2.75) is 6.92 Å². The molecule has 0 spiro atoms. The highest BCUT2D eigenvalue weighted by molar-refractivity contribution is 7.15. The highest BCUT2D eigenvalue weighted by Crippen LogP contribution is 2.23. The molecule has 0 atom stereocenters. The quantitative estimate of drug-likeness (QED) is 0.740. The molecule has 0 saturated heterocycles. The third-order valence-electron chi connectivity index (χ3n) is 1.85. The molecule has 0 amide bonds. The smallest absolute Gasteiger partial charge is 0.195 e. The lowest BCUT2D eigenvalue weighted by Gasteiger charge is -1.94. The van der Waals surface area contributed by atoms with Crippen LogP contribution in [0.1, 0.15) is 12.6 Å². The van der Waals surface area contributed by atoms with Gasteiger partial charge in [-0.05, 0) is 13.0 Å². The van der Waals surface area contributed by atoms with Crippen LogP contribution < -0.4 is 0 Å². The van der Waals surface area contributed by atoms with E-state index in [-0.39, 0.29) is 0 Å². The lowest BCUT2D eigenvalue weighted by molar-refractivity contribution is 1.20. The SMILES string of the molecule is C/C(=C/c1c(Cl)nc2sccn12)CCl. The first kappa shape index (κ1) is 10.0. The molecule has 0 unspecified atom stereocenters. The van der Waals surface area contributed by atoms with Crippen LogP contribution in [0, 0.1) is 0 Å². The van der Waals surface area contributed by atoms with Crippen molar-refractivity contribution in [2.24, 2.45) is 0 Å². The van der Waals surface area contributed by atoms with Crippen LogP contribution in [-0.4, -0.2) is 15.3 Å². The van der Waals surface area contributed by atoms with Gasteiger partial charge in [-0.25, -0.2) is 4.98 Å². The molecule has 0 aromatic carbocycles. The second-order valence-electron chi connectivity index (χ2n) is 2.97. The number of hydrogen-bond donors (Lipinski definition) is 0. The summed E-state index contributed by atoms with van der Waals surface area (Å²) in [6.07, 6.45) is 3.91. The van der Waals surface area contributed by atoms with E-state index in [1.165, 1.54) is 0 Å². The third kappa shape index (κ3) is 1.67. The molecule has 0 aliphatic rings. The van der Waals surface area contributed by atoms with Crippen LogP contribution >= 0.6 is 34.5 Å². The van der Waals surface area contributed by atoms with Crippen molar-refractivity contribution >= 4 is 45.6 Å². The number of aromatic nitrogens is 2. The fourth-order valence-corrected chi connectivity index (χ4v) is 2.25. The van der Waals surface area contributed by atoms with Crippen molar-refractivity contribution in [1.29, 1.82) is 0 Å². The maximum atomic E-state index is 6.00. The number of rotatable bonds is 2. The van der Waals surface area contributed by atoms with E-state index in [0.717, 1.165) is 16.2 Å². The maximum absolute atomic E-state index is 6.00. The molecule has 2 aromatic rings. The van der Waals surface area contributed by atoms with E-state index in [1.54, 1.807) is 11.3 Å². The molecule has 0 saturated carbocycles.